The number of hydrogen-bond donors (Lipinski definition) is 0. The first kappa shape index (κ1) is 8.70. The normalized spacial score (nSPS) is 13.5. The van der Waals surface area contributed by atoms with Gasteiger partial charge in [0.2, 0.25) is 0 Å². The molecular weight excluding hydrogens is 180 g/mol. The Hall–Kier alpha value is 0.697. The number of hydrogen-bond acceptors (Lipinski definition) is 0. The molecule has 0 saturated heterocycles. The Bertz CT molecular complexity index is 61.5. The van der Waals surface area contributed by atoms with Crippen LogP contribution in [0.15, 0.2) is 0 Å². The van der Waals surface area contributed by atoms with E-state index in [1.807, 2.05) is 0 Å². The van der Waals surface area contributed by atoms with E-state index in [-0.39, 0.29) is 8.14 Å². The predicted molar refractivity (Wildman–Crippen MR) is 46.4 cm³/mol. The van der Waals surface area contributed by atoms with Crippen LogP contribution < -0.4 is 0 Å². The SMILES string of the molecule is CCCC(C)(C)[SiH2]Br. The van der Waals surface area contributed by atoms with Gasteiger partial charge in [-0.2, -0.15) is 0 Å². The second kappa shape index (κ2) is 3.67. The molecule has 0 aliphatic carbocycles. The van der Waals surface area contributed by atoms with Crippen LogP contribution in [0.25, 0.3) is 0 Å². The van der Waals surface area contributed by atoms with Crippen LogP contribution in [0.4, 0.5) is 0 Å². The summed E-state index contributed by atoms with van der Waals surface area (Å²) in [5, 5.41) is 0.648. The van der Waals surface area contributed by atoms with Gasteiger partial charge in [-0.1, -0.05) is 33.6 Å². The molecule has 0 aliphatic rings. The third-order valence-electron chi connectivity index (χ3n) is 1.29. The summed E-state index contributed by atoms with van der Waals surface area (Å²) >= 11 is 3.61. The van der Waals surface area contributed by atoms with Gasteiger partial charge < -0.3 is 0 Å². The molecule has 0 aromatic carbocycles. The van der Waals surface area contributed by atoms with Gasteiger partial charge in [0.25, 0.3) is 0 Å². The highest BCUT2D eigenvalue weighted by atomic mass is 79.9. The monoisotopic (exact) mass is 194 g/mol. The smallest absolute Gasteiger partial charge is 0.104 e. The Morgan fingerprint density at radius 1 is 1.50 bits per heavy atom. The molecule has 0 aliphatic heterocycles. The summed E-state index contributed by atoms with van der Waals surface area (Å²) in [6, 6.07) is 0. The zero-order valence-electron chi connectivity index (χ0n) is 6.00. The summed E-state index contributed by atoms with van der Waals surface area (Å²) in [5.74, 6) is 0. The molecule has 0 saturated carbocycles. The first-order chi connectivity index (χ1) is 3.62. The first-order valence-electron chi connectivity index (χ1n) is 3.18. The maximum atomic E-state index is 3.61. The van der Waals surface area contributed by atoms with E-state index in [9.17, 15) is 0 Å². The molecule has 0 bridgehead atoms. The van der Waals surface area contributed by atoms with Crippen LogP contribution >= 0.6 is 15.3 Å². The second-order valence-corrected chi connectivity index (χ2v) is 6.91. The molecule has 0 heterocycles. The van der Waals surface area contributed by atoms with Crippen LogP contribution in [0.1, 0.15) is 33.6 Å². The Balaban J connectivity index is 3.37. The lowest BCUT2D eigenvalue weighted by Gasteiger charge is -2.18. The van der Waals surface area contributed by atoms with Gasteiger partial charge in [-0.15, -0.1) is 15.3 Å². The summed E-state index contributed by atoms with van der Waals surface area (Å²) < 4.78 is 0. The molecule has 0 amide bonds. The Morgan fingerprint density at radius 2 is 2.00 bits per heavy atom. The number of halogens is 1. The van der Waals surface area contributed by atoms with Crippen molar-refractivity contribution in [2.24, 2.45) is 0 Å². The van der Waals surface area contributed by atoms with E-state index >= 15 is 0 Å². The molecule has 0 N–H and O–H groups in total. The standard InChI is InChI=1S/C6H15BrSi/c1-4-5-6(2,3)8-7/h4-5,8H2,1-3H3. The topological polar surface area (TPSA) is 0 Å². The van der Waals surface area contributed by atoms with Crippen molar-refractivity contribution in [1.82, 2.24) is 0 Å². The second-order valence-electron chi connectivity index (χ2n) is 3.05. The Labute approximate surface area is 62.5 Å². The van der Waals surface area contributed by atoms with Crippen molar-refractivity contribution in [3.63, 3.8) is 0 Å². The van der Waals surface area contributed by atoms with Crippen LogP contribution in [-0.2, 0) is 0 Å². The van der Waals surface area contributed by atoms with Crippen LogP contribution in [0.5, 0.6) is 0 Å². The lowest BCUT2D eigenvalue weighted by atomic mass is 10.1. The van der Waals surface area contributed by atoms with Gasteiger partial charge >= 0.3 is 0 Å². The molecule has 0 spiro atoms. The summed E-state index contributed by atoms with van der Waals surface area (Å²) in [7, 11) is 0.0434. The molecule has 0 rings (SSSR count). The highest BCUT2D eigenvalue weighted by Crippen LogP contribution is 2.30. The van der Waals surface area contributed by atoms with E-state index in [1.165, 1.54) is 12.8 Å². The Kier molecular flexibility index (Phi) is 3.99. The fraction of sp³-hybridized carbons (Fsp3) is 1.00. The Morgan fingerprint density at radius 3 is 2.12 bits per heavy atom. The van der Waals surface area contributed by atoms with Gasteiger partial charge in [0.05, 0.1) is 0 Å². The lowest BCUT2D eigenvalue weighted by molar-refractivity contribution is 0.599. The van der Waals surface area contributed by atoms with Crippen molar-refractivity contribution < 1.29 is 0 Å². The largest absolute Gasteiger partial charge is 0.135 e. The van der Waals surface area contributed by atoms with Crippen molar-refractivity contribution in [2.75, 3.05) is 0 Å². The third kappa shape index (κ3) is 3.67. The zero-order chi connectivity index (χ0) is 6.62. The molecule has 0 nitrogen and oxygen atoms in total. The minimum absolute atomic E-state index is 0.0434. The van der Waals surface area contributed by atoms with Crippen LogP contribution in [0.3, 0.4) is 0 Å². The maximum Gasteiger partial charge on any atom is 0.104 e. The maximum absolute atomic E-state index is 3.61. The summed E-state index contributed by atoms with van der Waals surface area (Å²) in [5.41, 5.74) is 0. The van der Waals surface area contributed by atoms with E-state index in [2.05, 4.69) is 36.1 Å². The van der Waals surface area contributed by atoms with Gasteiger partial charge in [0.1, 0.15) is 8.14 Å². The first-order valence-corrected chi connectivity index (χ1v) is 7.79. The number of rotatable bonds is 3. The van der Waals surface area contributed by atoms with E-state index < -0.39 is 0 Å². The molecule has 0 fully saturated rings. The molecule has 0 radical (unpaired) electrons. The fourth-order valence-corrected chi connectivity index (χ4v) is 2.07. The van der Waals surface area contributed by atoms with E-state index in [4.69, 9.17) is 0 Å². The quantitative estimate of drug-likeness (QED) is 0.479. The van der Waals surface area contributed by atoms with Crippen molar-refractivity contribution in [3.05, 3.63) is 0 Å². The van der Waals surface area contributed by atoms with E-state index in [1.54, 1.807) is 0 Å². The molecule has 8 heavy (non-hydrogen) atoms. The van der Waals surface area contributed by atoms with Gasteiger partial charge in [-0.3, -0.25) is 0 Å². The summed E-state index contributed by atoms with van der Waals surface area (Å²) in [4.78, 5) is 0. The highest BCUT2D eigenvalue weighted by molar-refractivity contribution is 9.23. The van der Waals surface area contributed by atoms with Crippen molar-refractivity contribution in [2.45, 2.75) is 38.7 Å². The van der Waals surface area contributed by atoms with E-state index in [0.29, 0.717) is 5.04 Å². The average molecular weight is 195 g/mol. The average Bonchev–Trinajstić information content (AvgIpc) is 1.67. The van der Waals surface area contributed by atoms with Crippen LogP contribution in [-0.4, -0.2) is 8.14 Å². The highest BCUT2D eigenvalue weighted by Gasteiger charge is 2.13. The zero-order valence-corrected chi connectivity index (χ0v) is 9.00. The molecule has 2 heteroatoms. The van der Waals surface area contributed by atoms with E-state index in [0.717, 1.165) is 0 Å². The minimum Gasteiger partial charge on any atom is -0.135 e. The fourth-order valence-electron chi connectivity index (χ4n) is 0.744. The predicted octanol–water partition coefficient (Wildman–Crippen LogP) is 2.46. The van der Waals surface area contributed by atoms with Gasteiger partial charge in [0, 0.05) is 0 Å². The summed E-state index contributed by atoms with van der Waals surface area (Å²) in [6.07, 6.45) is 2.70. The minimum atomic E-state index is 0.0434. The van der Waals surface area contributed by atoms with Crippen LogP contribution in [0.2, 0.25) is 5.04 Å². The molecule has 0 aromatic heterocycles. The molecule has 0 aromatic rings. The molecule has 0 atom stereocenters. The van der Waals surface area contributed by atoms with Gasteiger partial charge in [-0.25, -0.2) is 0 Å². The van der Waals surface area contributed by atoms with Gasteiger partial charge in [0.15, 0.2) is 0 Å². The van der Waals surface area contributed by atoms with Crippen molar-refractivity contribution in [1.29, 1.82) is 0 Å². The third-order valence-corrected chi connectivity index (χ3v) is 6.92. The van der Waals surface area contributed by atoms with Crippen LogP contribution in [0, 0.1) is 0 Å². The molecule has 0 unspecified atom stereocenters. The lowest BCUT2D eigenvalue weighted by Crippen LogP contribution is -2.06. The molecule has 50 valence electrons. The summed E-state index contributed by atoms with van der Waals surface area (Å²) in [6.45, 7) is 6.94. The van der Waals surface area contributed by atoms with Crippen molar-refractivity contribution in [3.8, 4) is 0 Å². The van der Waals surface area contributed by atoms with Crippen molar-refractivity contribution >= 4 is 23.4 Å². The van der Waals surface area contributed by atoms with Gasteiger partial charge in [-0.05, 0) is 5.04 Å². The molecular formula is C6H15BrSi.